The number of alkyl halides is 3. The molecular formula is C25H29F3N4O5. The van der Waals surface area contributed by atoms with Crippen LogP contribution >= 0.6 is 0 Å². The second kappa shape index (κ2) is 9.88. The van der Waals surface area contributed by atoms with Gasteiger partial charge in [0.15, 0.2) is 5.76 Å². The van der Waals surface area contributed by atoms with Crippen molar-refractivity contribution in [3.05, 3.63) is 36.1 Å². The van der Waals surface area contributed by atoms with Crippen LogP contribution in [0.5, 0.6) is 5.75 Å². The highest BCUT2D eigenvalue weighted by atomic mass is 19.4. The van der Waals surface area contributed by atoms with Gasteiger partial charge in [0.2, 0.25) is 5.91 Å². The number of ether oxygens (including phenoxy) is 1. The number of benzene rings is 1. The lowest BCUT2D eigenvalue weighted by Crippen LogP contribution is -2.56. The molecule has 3 amide bonds. The molecule has 2 aliphatic carbocycles. The van der Waals surface area contributed by atoms with Crippen LogP contribution in [0.15, 0.2) is 34.9 Å². The predicted molar refractivity (Wildman–Crippen MR) is 124 cm³/mol. The molecule has 3 fully saturated rings. The van der Waals surface area contributed by atoms with E-state index in [0.717, 1.165) is 38.5 Å². The maximum absolute atomic E-state index is 13.4. The third kappa shape index (κ3) is 5.68. The smallest absolute Gasteiger partial charge is 0.406 e. The summed E-state index contributed by atoms with van der Waals surface area (Å²) in [5.41, 5.74) is 0.426. The van der Waals surface area contributed by atoms with E-state index in [1.807, 2.05) is 4.90 Å². The Balaban J connectivity index is 1.23. The van der Waals surface area contributed by atoms with Gasteiger partial charge in [-0.3, -0.25) is 4.79 Å². The number of aromatic nitrogens is 1. The van der Waals surface area contributed by atoms with Gasteiger partial charge in [0.25, 0.3) is 0 Å². The van der Waals surface area contributed by atoms with Gasteiger partial charge in [-0.15, -0.1) is 13.2 Å². The Bertz CT molecular complexity index is 1150. The Labute approximate surface area is 211 Å². The number of urea groups is 1. The summed E-state index contributed by atoms with van der Waals surface area (Å²) in [6.45, 7) is 0.730. The average Bonchev–Trinajstić information content (AvgIpc) is 3.81. The summed E-state index contributed by atoms with van der Waals surface area (Å²) < 4.78 is 46.9. The number of nitrogens with one attached hydrogen (secondary N) is 1. The third-order valence-electron chi connectivity index (χ3n) is 7.38. The summed E-state index contributed by atoms with van der Waals surface area (Å²) in [6, 6.07) is 6.95. The highest BCUT2D eigenvalue weighted by Gasteiger charge is 2.59. The van der Waals surface area contributed by atoms with Crippen molar-refractivity contribution in [2.75, 3.05) is 19.7 Å². The Morgan fingerprint density at radius 3 is 2.70 bits per heavy atom. The molecule has 37 heavy (non-hydrogen) atoms. The van der Waals surface area contributed by atoms with Gasteiger partial charge in [-0.2, -0.15) is 0 Å². The van der Waals surface area contributed by atoms with Gasteiger partial charge in [0, 0.05) is 36.3 Å². The molecule has 5 rings (SSSR count). The van der Waals surface area contributed by atoms with E-state index in [1.165, 1.54) is 18.2 Å². The normalized spacial score (nSPS) is 20.9. The van der Waals surface area contributed by atoms with Crippen molar-refractivity contribution in [1.29, 1.82) is 0 Å². The van der Waals surface area contributed by atoms with Gasteiger partial charge >= 0.3 is 12.4 Å². The molecule has 0 bridgehead atoms. The van der Waals surface area contributed by atoms with Gasteiger partial charge in [-0.1, -0.05) is 17.3 Å². The lowest BCUT2D eigenvalue weighted by molar-refractivity contribution is -0.274. The standard InChI is InChI=1S/C25H29F3N4O5/c26-25(27,28)36-19-5-1-3-16(11-19)21-12-20(37-30-21)13-29-23(35)32(18-6-7-18)24(8-9-24)17-4-2-10-31(14-17)22(34)15-33/h1,3,5,11-12,17-18,33H,2,4,6-10,13-15H2,(H,29,35). The van der Waals surface area contributed by atoms with Crippen LogP contribution in [-0.4, -0.2) is 69.6 Å². The van der Waals surface area contributed by atoms with Gasteiger partial charge < -0.3 is 29.5 Å². The topological polar surface area (TPSA) is 108 Å². The average molecular weight is 523 g/mol. The number of carbonyl (C=O) groups is 2. The fourth-order valence-electron chi connectivity index (χ4n) is 5.41. The maximum Gasteiger partial charge on any atom is 0.573 e. The first-order valence-corrected chi connectivity index (χ1v) is 12.5. The first-order chi connectivity index (χ1) is 17.7. The van der Waals surface area contributed by atoms with Crippen molar-refractivity contribution in [1.82, 2.24) is 20.3 Å². The number of carbonyl (C=O) groups excluding carboxylic acids is 2. The molecule has 1 unspecified atom stereocenters. The summed E-state index contributed by atoms with van der Waals surface area (Å²) in [5.74, 6) is -0.117. The lowest BCUT2D eigenvalue weighted by Gasteiger charge is -2.42. The van der Waals surface area contributed by atoms with E-state index < -0.39 is 13.0 Å². The summed E-state index contributed by atoms with van der Waals surface area (Å²) in [4.78, 5) is 29.1. The Hall–Kier alpha value is -3.28. The molecule has 2 saturated carbocycles. The fraction of sp³-hybridized carbons (Fsp3) is 0.560. The van der Waals surface area contributed by atoms with Crippen LogP contribution in [0.4, 0.5) is 18.0 Å². The number of aliphatic hydroxyl groups is 1. The Morgan fingerprint density at radius 2 is 2.03 bits per heavy atom. The van der Waals surface area contributed by atoms with E-state index in [0.29, 0.717) is 30.1 Å². The SMILES string of the molecule is O=C(CO)N1CCCC(C2(N(C(=O)NCc3cc(-c4cccc(OC(F)(F)F)c4)no3)C3CC3)CC2)C1. The third-order valence-corrected chi connectivity index (χ3v) is 7.38. The minimum absolute atomic E-state index is 0.0731. The van der Waals surface area contributed by atoms with Crippen molar-refractivity contribution < 1.29 is 37.1 Å². The van der Waals surface area contributed by atoms with Gasteiger partial charge in [0.1, 0.15) is 18.1 Å². The van der Waals surface area contributed by atoms with Crippen LogP contribution in [0.1, 0.15) is 44.3 Å². The zero-order chi connectivity index (χ0) is 26.2. The second-order valence-corrected chi connectivity index (χ2v) is 9.95. The monoisotopic (exact) mass is 522 g/mol. The molecule has 3 aliphatic rings. The Morgan fingerprint density at radius 1 is 1.24 bits per heavy atom. The zero-order valence-corrected chi connectivity index (χ0v) is 20.2. The lowest BCUT2D eigenvalue weighted by atomic mass is 9.87. The van der Waals surface area contributed by atoms with Crippen molar-refractivity contribution >= 4 is 11.9 Å². The highest BCUT2D eigenvalue weighted by molar-refractivity contribution is 5.78. The van der Waals surface area contributed by atoms with Crippen LogP contribution < -0.4 is 10.1 Å². The Kier molecular flexibility index (Phi) is 6.78. The molecule has 1 aromatic heterocycles. The zero-order valence-electron chi connectivity index (χ0n) is 20.2. The highest BCUT2D eigenvalue weighted by Crippen LogP contribution is 2.54. The van der Waals surface area contributed by atoms with Crippen molar-refractivity contribution in [3.8, 4) is 17.0 Å². The van der Waals surface area contributed by atoms with E-state index in [4.69, 9.17) is 4.52 Å². The molecule has 200 valence electrons. The van der Waals surface area contributed by atoms with E-state index in [-0.39, 0.29) is 41.7 Å². The molecule has 1 atom stereocenters. The van der Waals surface area contributed by atoms with Gasteiger partial charge in [0.05, 0.1) is 6.54 Å². The van der Waals surface area contributed by atoms with Gasteiger partial charge in [-0.25, -0.2) is 4.79 Å². The summed E-state index contributed by atoms with van der Waals surface area (Å²) in [6.07, 6.45) is 0.599. The van der Waals surface area contributed by atoms with Crippen LogP contribution in [0.25, 0.3) is 11.3 Å². The predicted octanol–water partition coefficient (Wildman–Crippen LogP) is 3.68. The molecule has 0 spiro atoms. The summed E-state index contributed by atoms with van der Waals surface area (Å²) >= 11 is 0. The van der Waals surface area contributed by atoms with E-state index in [2.05, 4.69) is 15.2 Å². The molecule has 12 heteroatoms. The van der Waals surface area contributed by atoms with Crippen molar-refractivity contribution in [3.63, 3.8) is 0 Å². The number of nitrogens with zero attached hydrogens (tertiary/aromatic N) is 3. The number of aliphatic hydroxyl groups excluding tert-OH is 1. The molecule has 2 aromatic rings. The molecule has 1 aromatic carbocycles. The number of hydrogen-bond donors (Lipinski definition) is 2. The van der Waals surface area contributed by atoms with Crippen LogP contribution in [0, 0.1) is 5.92 Å². The van der Waals surface area contributed by atoms with Crippen LogP contribution in [0.2, 0.25) is 0 Å². The van der Waals surface area contributed by atoms with E-state index >= 15 is 0 Å². The number of hydrogen-bond acceptors (Lipinski definition) is 6. The van der Waals surface area contributed by atoms with Crippen LogP contribution in [-0.2, 0) is 11.3 Å². The maximum atomic E-state index is 13.4. The summed E-state index contributed by atoms with van der Waals surface area (Å²) in [5, 5.41) is 16.1. The second-order valence-electron chi connectivity index (χ2n) is 9.95. The van der Waals surface area contributed by atoms with Crippen molar-refractivity contribution in [2.45, 2.75) is 63.0 Å². The first-order valence-electron chi connectivity index (χ1n) is 12.5. The number of halogens is 3. The van der Waals surface area contributed by atoms with Crippen molar-refractivity contribution in [2.24, 2.45) is 5.92 Å². The molecule has 2 heterocycles. The molecule has 2 N–H and O–H groups in total. The van der Waals surface area contributed by atoms with Crippen LogP contribution in [0.3, 0.4) is 0 Å². The minimum atomic E-state index is -4.80. The molecule has 1 aliphatic heterocycles. The number of likely N-dealkylation sites (tertiary alicyclic amines) is 1. The number of amides is 3. The quantitative estimate of drug-likeness (QED) is 0.548. The minimum Gasteiger partial charge on any atom is -0.406 e. The molecule has 1 saturated heterocycles. The van der Waals surface area contributed by atoms with E-state index in [9.17, 15) is 27.9 Å². The molecular weight excluding hydrogens is 493 g/mol. The first kappa shape index (κ1) is 25.4. The van der Waals surface area contributed by atoms with Gasteiger partial charge in [-0.05, 0) is 56.6 Å². The van der Waals surface area contributed by atoms with E-state index in [1.54, 1.807) is 17.0 Å². The summed E-state index contributed by atoms with van der Waals surface area (Å²) in [7, 11) is 0. The largest absolute Gasteiger partial charge is 0.573 e. The fourth-order valence-corrected chi connectivity index (χ4v) is 5.41. The molecule has 9 nitrogen and oxygen atoms in total. The molecule has 0 radical (unpaired) electrons. The number of rotatable bonds is 8. The number of piperidine rings is 1.